The molecule has 0 saturated heterocycles. The molecule has 1 aromatic rings. The van der Waals surface area contributed by atoms with Crippen LogP contribution in [0.25, 0.3) is 0 Å². The van der Waals surface area contributed by atoms with Crippen molar-refractivity contribution in [2.45, 2.75) is 39.2 Å². The summed E-state index contributed by atoms with van der Waals surface area (Å²) in [7, 11) is 2.04. The first-order valence-corrected chi connectivity index (χ1v) is 6.64. The van der Waals surface area contributed by atoms with Crippen LogP contribution in [0.2, 0.25) is 0 Å². The van der Waals surface area contributed by atoms with Crippen LogP contribution in [0.15, 0.2) is 18.6 Å². The van der Waals surface area contributed by atoms with Gasteiger partial charge in [0, 0.05) is 6.20 Å². The molecule has 0 spiro atoms. The highest BCUT2D eigenvalue weighted by molar-refractivity contribution is 5.07. The van der Waals surface area contributed by atoms with Crippen LogP contribution in [0.4, 0.5) is 0 Å². The van der Waals surface area contributed by atoms with E-state index in [-0.39, 0.29) is 0 Å². The molecule has 0 bridgehead atoms. The predicted octanol–water partition coefficient (Wildman–Crippen LogP) is 2.81. The third-order valence-corrected chi connectivity index (χ3v) is 3.92. The Morgan fingerprint density at radius 1 is 1.24 bits per heavy atom. The summed E-state index contributed by atoms with van der Waals surface area (Å²) >= 11 is 0. The molecule has 17 heavy (non-hydrogen) atoms. The van der Waals surface area contributed by atoms with Gasteiger partial charge >= 0.3 is 0 Å². The summed E-state index contributed by atoms with van der Waals surface area (Å²) in [6.07, 6.45) is 7.47. The van der Waals surface area contributed by atoms with Gasteiger partial charge in [0.25, 0.3) is 0 Å². The van der Waals surface area contributed by atoms with Gasteiger partial charge in [-0.05, 0) is 50.1 Å². The molecule has 94 valence electrons. The molecular weight excluding hydrogens is 210 g/mol. The van der Waals surface area contributed by atoms with E-state index in [0.717, 1.165) is 17.5 Å². The van der Waals surface area contributed by atoms with Gasteiger partial charge in [0.05, 0.1) is 11.7 Å². The lowest BCUT2D eigenvalue weighted by atomic mass is 9.73. The van der Waals surface area contributed by atoms with Gasteiger partial charge in [0.1, 0.15) is 6.33 Å². The van der Waals surface area contributed by atoms with Gasteiger partial charge < -0.3 is 5.32 Å². The third-order valence-electron chi connectivity index (χ3n) is 3.92. The zero-order chi connectivity index (χ0) is 12.3. The lowest BCUT2D eigenvalue weighted by molar-refractivity contribution is 0.179. The second-order valence-corrected chi connectivity index (χ2v) is 5.58. The van der Waals surface area contributed by atoms with Crippen LogP contribution < -0.4 is 5.32 Å². The van der Waals surface area contributed by atoms with Crippen LogP contribution in [-0.2, 0) is 0 Å². The average molecular weight is 233 g/mol. The van der Waals surface area contributed by atoms with E-state index < -0.39 is 0 Å². The number of hydrogen-bond acceptors (Lipinski definition) is 3. The molecule has 1 N–H and O–H groups in total. The van der Waals surface area contributed by atoms with E-state index in [9.17, 15) is 0 Å². The molecule has 3 nitrogen and oxygen atoms in total. The van der Waals surface area contributed by atoms with Gasteiger partial charge in [-0.25, -0.2) is 9.97 Å². The highest BCUT2D eigenvalue weighted by Gasteiger charge is 2.30. The summed E-state index contributed by atoms with van der Waals surface area (Å²) in [5, 5.41) is 3.44. The molecule has 2 rings (SSSR count). The summed E-state index contributed by atoms with van der Waals surface area (Å²) in [5.74, 6) is 2.37. The van der Waals surface area contributed by atoms with Crippen molar-refractivity contribution in [3.05, 3.63) is 24.3 Å². The van der Waals surface area contributed by atoms with Crippen molar-refractivity contribution in [2.75, 3.05) is 7.05 Å². The van der Waals surface area contributed by atoms with Crippen molar-refractivity contribution in [1.82, 2.24) is 15.3 Å². The molecule has 1 fully saturated rings. The molecule has 3 heteroatoms. The maximum Gasteiger partial charge on any atom is 0.115 e. The summed E-state index contributed by atoms with van der Waals surface area (Å²) in [6, 6.07) is 2.41. The SMILES string of the molecule is CNC(c1ccncn1)C1CC(C)CC(C)C1. The van der Waals surface area contributed by atoms with E-state index in [1.807, 2.05) is 19.3 Å². The molecule has 0 amide bonds. The van der Waals surface area contributed by atoms with Gasteiger partial charge in [0.2, 0.25) is 0 Å². The summed E-state index contributed by atoms with van der Waals surface area (Å²) < 4.78 is 0. The standard InChI is InChI=1S/C14H23N3/c1-10-6-11(2)8-12(7-10)14(15-3)13-4-5-16-9-17-13/h4-5,9-12,14-15H,6-8H2,1-3H3. The molecule has 0 radical (unpaired) electrons. The van der Waals surface area contributed by atoms with Crippen LogP contribution in [0.3, 0.4) is 0 Å². The Kier molecular flexibility index (Phi) is 4.11. The van der Waals surface area contributed by atoms with Gasteiger partial charge in [0.15, 0.2) is 0 Å². The summed E-state index contributed by atoms with van der Waals surface area (Å²) in [6.45, 7) is 4.74. The summed E-state index contributed by atoms with van der Waals surface area (Å²) in [5.41, 5.74) is 1.13. The second-order valence-electron chi connectivity index (χ2n) is 5.58. The minimum Gasteiger partial charge on any atom is -0.311 e. The first-order chi connectivity index (χ1) is 8.20. The molecule has 1 aromatic heterocycles. The van der Waals surface area contributed by atoms with Gasteiger partial charge in [-0.2, -0.15) is 0 Å². The molecular formula is C14H23N3. The number of aromatic nitrogens is 2. The van der Waals surface area contributed by atoms with E-state index in [1.165, 1.54) is 19.3 Å². The Labute approximate surface area is 104 Å². The predicted molar refractivity (Wildman–Crippen MR) is 69.5 cm³/mol. The Balaban J connectivity index is 2.13. The Morgan fingerprint density at radius 3 is 2.47 bits per heavy atom. The molecule has 1 aliphatic carbocycles. The topological polar surface area (TPSA) is 37.8 Å². The maximum atomic E-state index is 4.40. The smallest absolute Gasteiger partial charge is 0.115 e. The van der Waals surface area contributed by atoms with E-state index >= 15 is 0 Å². The van der Waals surface area contributed by atoms with Gasteiger partial charge in [-0.1, -0.05) is 13.8 Å². The minimum absolute atomic E-state index is 0.378. The third kappa shape index (κ3) is 3.03. The van der Waals surface area contributed by atoms with Crippen molar-refractivity contribution in [3.8, 4) is 0 Å². The van der Waals surface area contributed by atoms with Gasteiger partial charge in [-0.3, -0.25) is 0 Å². The zero-order valence-electron chi connectivity index (χ0n) is 11.1. The van der Waals surface area contributed by atoms with Crippen molar-refractivity contribution in [3.63, 3.8) is 0 Å². The first-order valence-electron chi connectivity index (χ1n) is 6.64. The number of nitrogens with zero attached hydrogens (tertiary/aromatic N) is 2. The van der Waals surface area contributed by atoms with Crippen LogP contribution in [-0.4, -0.2) is 17.0 Å². The van der Waals surface area contributed by atoms with Crippen LogP contribution in [0.5, 0.6) is 0 Å². The largest absolute Gasteiger partial charge is 0.311 e. The van der Waals surface area contributed by atoms with E-state index in [4.69, 9.17) is 0 Å². The molecule has 1 heterocycles. The first kappa shape index (κ1) is 12.5. The summed E-state index contributed by atoms with van der Waals surface area (Å²) in [4.78, 5) is 8.40. The molecule has 0 aromatic carbocycles. The average Bonchev–Trinajstić information content (AvgIpc) is 2.30. The number of nitrogens with one attached hydrogen (secondary N) is 1. The second kappa shape index (κ2) is 5.58. The van der Waals surface area contributed by atoms with Crippen LogP contribution >= 0.6 is 0 Å². The highest BCUT2D eigenvalue weighted by atomic mass is 14.9. The van der Waals surface area contributed by atoms with Crippen molar-refractivity contribution in [2.24, 2.45) is 17.8 Å². The quantitative estimate of drug-likeness (QED) is 0.872. The lowest BCUT2D eigenvalue weighted by Gasteiger charge is -2.36. The van der Waals surface area contributed by atoms with E-state index in [0.29, 0.717) is 12.0 Å². The lowest BCUT2D eigenvalue weighted by Crippen LogP contribution is -2.32. The highest BCUT2D eigenvalue weighted by Crippen LogP contribution is 2.39. The van der Waals surface area contributed by atoms with E-state index in [2.05, 4.69) is 29.1 Å². The van der Waals surface area contributed by atoms with Crippen molar-refractivity contribution >= 4 is 0 Å². The van der Waals surface area contributed by atoms with Gasteiger partial charge in [-0.15, -0.1) is 0 Å². The fourth-order valence-corrected chi connectivity index (χ4v) is 3.39. The van der Waals surface area contributed by atoms with Crippen molar-refractivity contribution < 1.29 is 0 Å². The van der Waals surface area contributed by atoms with Crippen LogP contribution in [0.1, 0.15) is 44.8 Å². The fourth-order valence-electron chi connectivity index (χ4n) is 3.39. The molecule has 3 atom stereocenters. The maximum absolute atomic E-state index is 4.40. The van der Waals surface area contributed by atoms with Crippen LogP contribution in [0, 0.1) is 17.8 Å². The zero-order valence-corrected chi connectivity index (χ0v) is 11.1. The monoisotopic (exact) mass is 233 g/mol. The molecule has 1 aliphatic rings. The molecule has 0 aliphatic heterocycles. The minimum atomic E-state index is 0.378. The fraction of sp³-hybridized carbons (Fsp3) is 0.714. The molecule has 3 unspecified atom stereocenters. The number of rotatable bonds is 3. The Hall–Kier alpha value is -0.960. The van der Waals surface area contributed by atoms with E-state index in [1.54, 1.807) is 6.33 Å². The normalized spacial score (nSPS) is 31.1. The Bertz CT molecular complexity index is 329. The Morgan fingerprint density at radius 2 is 1.94 bits per heavy atom. The number of hydrogen-bond donors (Lipinski definition) is 1. The molecule has 1 saturated carbocycles. The van der Waals surface area contributed by atoms with Crippen molar-refractivity contribution in [1.29, 1.82) is 0 Å².